The van der Waals surface area contributed by atoms with Gasteiger partial charge in [-0.1, -0.05) is 40.9 Å². The van der Waals surface area contributed by atoms with Crippen molar-refractivity contribution in [1.29, 1.82) is 0 Å². The van der Waals surface area contributed by atoms with Crippen LogP contribution >= 0.6 is 34.8 Å². The second-order valence-electron chi connectivity index (χ2n) is 6.99. The summed E-state index contributed by atoms with van der Waals surface area (Å²) in [6.45, 7) is 7.62. The van der Waals surface area contributed by atoms with Crippen molar-refractivity contribution < 1.29 is 14.3 Å². The van der Waals surface area contributed by atoms with Gasteiger partial charge in [0.05, 0.1) is 0 Å². The highest BCUT2D eigenvalue weighted by Gasteiger charge is 2.27. The third-order valence-electron chi connectivity index (χ3n) is 4.65. The van der Waals surface area contributed by atoms with Crippen LogP contribution in [-0.2, 0) is 16.1 Å². The van der Waals surface area contributed by atoms with Crippen molar-refractivity contribution in [2.24, 2.45) is 0 Å². The van der Waals surface area contributed by atoms with Gasteiger partial charge in [0.15, 0.2) is 6.61 Å². The molecule has 0 aliphatic heterocycles. The van der Waals surface area contributed by atoms with Gasteiger partial charge in [-0.05, 0) is 68.7 Å². The minimum atomic E-state index is -0.707. The number of benzene rings is 2. The monoisotopic (exact) mass is 470 g/mol. The van der Waals surface area contributed by atoms with Crippen molar-refractivity contribution in [3.8, 4) is 5.75 Å². The second-order valence-corrected chi connectivity index (χ2v) is 8.21. The van der Waals surface area contributed by atoms with Crippen LogP contribution in [0.4, 0.5) is 0 Å². The average molecular weight is 472 g/mol. The van der Waals surface area contributed by atoms with Crippen LogP contribution in [0.2, 0.25) is 15.1 Å². The normalized spacial score (nSPS) is 11.7. The van der Waals surface area contributed by atoms with E-state index in [1.807, 2.05) is 20.8 Å². The summed E-state index contributed by atoms with van der Waals surface area (Å²) in [5.74, 6) is -0.0583. The Balaban J connectivity index is 2.22. The summed E-state index contributed by atoms with van der Waals surface area (Å²) < 4.78 is 5.71. The van der Waals surface area contributed by atoms with Crippen LogP contribution < -0.4 is 10.1 Å². The van der Waals surface area contributed by atoms with E-state index >= 15 is 0 Å². The molecule has 1 N–H and O–H groups in total. The third kappa shape index (κ3) is 6.27. The molecule has 8 heteroatoms. The van der Waals surface area contributed by atoms with E-state index in [0.29, 0.717) is 32.9 Å². The van der Waals surface area contributed by atoms with Crippen LogP contribution in [-0.4, -0.2) is 35.9 Å². The summed E-state index contributed by atoms with van der Waals surface area (Å²) in [6.07, 6.45) is 0. The fraction of sp³-hybridized carbons (Fsp3) is 0.364. The van der Waals surface area contributed by atoms with Crippen LogP contribution in [0.1, 0.15) is 30.5 Å². The number of nitrogens with zero attached hydrogens (tertiary/aromatic N) is 1. The van der Waals surface area contributed by atoms with Crippen molar-refractivity contribution in [3.05, 3.63) is 62.1 Å². The SMILES string of the molecule is CCNC(=O)[C@H](C)N(Cc1ccc(Cl)cc1Cl)C(=O)COc1cc(C)c(Cl)c(C)c1. The number of likely N-dealkylation sites (N-methyl/N-ethyl adjacent to an activating group) is 1. The molecule has 0 saturated heterocycles. The number of amides is 2. The lowest BCUT2D eigenvalue weighted by atomic mass is 10.1. The topological polar surface area (TPSA) is 58.6 Å². The molecular formula is C22H25Cl3N2O3. The molecule has 0 radical (unpaired) electrons. The summed E-state index contributed by atoms with van der Waals surface area (Å²) in [6, 6.07) is 7.88. The van der Waals surface area contributed by atoms with Gasteiger partial charge in [-0.3, -0.25) is 9.59 Å². The maximum absolute atomic E-state index is 13.0. The molecule has 0 spiro atoms. The zero-order chi connectivity index (χ0) is 22.4. The van der Waals surface area contributed by atoms with Gasteiger partial charge in [-0.15, -0.1) is 0 Å². The Hall–Kier alpha value is -1.95. The van der Waals surface area contributed by atoms with Crippen molar-refractivity contribution in [1.82, 2.24) is 10.2 Å². The van der Waals surface area contributed by atoms with E-state index in [0.717, 1.165) is 11.1 Å². The molecule has 0 bridgehead atoms. The van der Waals surface area contributed by atoms with E-state index in [2.05, 4.69) is 5.32 Å². The number of hydrogen-bond acceptors (Lipinski definition) is 3. The Morgan fingerprint density at radius 1 is 1.10 bits per heavy atom. The number of carbonyl (C=O) groups is 2. The first-order chi connectivity index (χ1) is 14.1. The smallest absolute Gasteiger partial charge is 0.261 e. The Kier molecular flexibility index (Phi) is 8.83. The van der Waals surface area contributed by atoms with Gasteiger partial charge in [0.25, 0.3) is 5.91 Å². The first-order valence-corrected chi connectivity index (χ1v) is 10.7. The number of ether oxygens (including phenoxy) is 1. The molecule has 5 nitrogen and oxygen atoms in total. The van der Waals surface area contributed by atoms with Gasteiger partial charge >= 0.3 is 0 Å². The lowest BCUT2D eigenvalue weighted by Gasteiger charge is -2.29. The van der Waals surface area contributed by atoms with Crippen LogP contribution in [0.5, 0.6) is 5.75 Å². The van der Waals surface area contributed by atoms with Gasteiger partial charge in [0, 0.05) is 28.2 Å². The number of hydrogen-bond donors (Lipinski definition) is 1. The summed E-state index contributed by atoms with van der Waals surface area (Å²) >= 11 is 18.4. The van der Waals surface area contributed by atoms with Gasteiger partial charge in [-0.25, -0.2) is 0 Å². The average Bonchev–Trinajstić information content (AvgIpc) is 2.69. The van der Waals surface area contributed by atoms with Crippen molar-refractivity contribution in [2.75, 3.05) is 13.2 Å². The Morgan fingerprint density at radius 2 is 1.73 bits per heavy atom. The van der Waals surface area contributed by atoms with Gasteiger partial charge < -0.3 is 15.0 Å². The van der Waals surface area contributed by atoms with E-state index in [4.69, 9.17) is 39.5 Å². The van der Waals surface area contributed by atoms with Crippen LogP contribution in [0, 0.1) is 13.8 Å². The Bertz CT molecular complexity index is 911. The van der Waals surface area contributed by atoms with E-state index in [1.54, 1.807) is 37.3 Å². The minimum absolute atomic E-state index is 0.148. The lowest BCUT2D eigenvalue weighted by molar-refractivity contribution is -0.142. The van der Waals surface area contributed by atoms with Crippen LogP contribution in [0.3, 0.4) is 0 Å². The summed E-state index contributed by atoms with van der Waals surface area (Å²) in [5, 5.41) is 4.33. The van der Waals surface area contributed by atoms with E-state index in [1.165, 1.54) is 4.90 Å². The second kappa shape index (κ2) is 10.9. The number of aryl methyl sites for hydroxylation is 2. The molecule has 2 rings (SSSR count). The Labute approximate surface area is 192 Å². The molecule has 2 aromatic carbocycles. The van der Waals surface area contributed by atoms with Crippen LogP contribution in [0.15, 0.2) is 30.3 Å². The van der Waals surface area contributed by atoms with Gasteiger partial charge in [0.2, 0.25) is 5.91 Å². The van der Waals surface area contributed by atoms with Gasteiger partial charge in [0.1, 0.15) is 11.8 Å². The van der Waals surface area contributed by atoms with Crippen molar-refractivity contribution in [2.45, 2.75) is 40.3 Å². The lowest BCUT2D eigenvalue weighted by Crippen LogP contribution is -2.49. The third-order valence-corrected chi connectivity index (χ3v) is 5.83. The van der Waals surface area contributed by atoms with Gasteiger partial charge in [-0.2, -0.15) is 0 Å². The molecule has 0 aromatic heterocycles. The highest BCUT2D eigenvalue weighted by molar-refractivity contribution is 6.35. The molecular weight excluding hydrogens is 447 g/mol. The zero-order valence-corrected chi connectivity index (χ0v) is 19.7. The number of halogens is 3. The predicted octanol–water partition coefficient (Wildman–Crippen LogP) is 5.20. The number of carbonyl (C=O) groups excluding carboxylic acids is 2. The fourth-order valence-electron chi connectivity index (χ4n) is 2.96. The van der Waals surface area contributed by atoms with E-state index in [-0.39, 0.29) is 25.0 Å². The largest absolute Gasteiger partial charge is 0.484 e. The quantitative estimate of drug-likeness (QED) is 0.576. The molecule has 0 fully saturated rings. The summed E-state index contributed by atoms with van der Waals surface area (Å²) in [5.41, 5.74) is 2.41. The number of rotatable bonds is 8. The summed E-state index contributed by atoms with van der Waals surface area (Å²) in [4.78, 5) is 26.9. The molecule has 0 saturated carbocycles. The molecule has 0 heterocycles. The fourth-order valence-corrected chi connectivity index (χ4v) is 3.53. The standard InChI is InChI=1S/C22H25Cl3N2O3/c1-5-26-22(29)15(4)27(11-16-6-7-17(23)10-19(16)24)20(28)12-30-18-8-13(2)21(25)14(3)9-18/h6-10,15H,5,11-12H2,1-4H3,(H,26,29)/t15-/m0/s1. The van der Waals surface area contributed by atoms with Crippen molar-refractivity contribution >= 4 is 46.6 Å². The molecule has 162 valence electrons. The molecule has 0 aliphatic rings. The first-order valence-electron chi connectivity index (χ1n) is 9.54. The predicted molar refractivity (Wildman–Crippen MR) is 122 cm³/mol. The van der Waals surface area contributed by atoms with E-state index in [9.17, 15) is 9.59 Å². The molecule has 30 heavy (non-hydrogen) atoms. The summed E-state index contributed by atoms with van der Waals surface area (Å²) in [7, 11) is 0. The molecule has 0 aliphatic carbocycles. The maximum atomic E-state index is 13.0. The highest BCUT2D eigenvalue weighted by Crippen LogP contribution is 2.26. The Morgan fingerprint density at radius 3 is 2.30 bits per heavy atom. The molecule has 2 amide bonds. The zero-order valence-electron chi connectivity index (χ0n) is 17.4. The molecule has 1 atom stereocenters. The molecule has 2 aromatic rings. The van der Waals surface area contributed by atoms with Crippen LogP contribution in [0.25, 0.3) is 0 Å². The maximum Gasteiger partial charge on any atom is 0.261 e. The number of nitrogens with one attached hydrogen (secondary N) is 1. The van der Waals surface area contributed by atoms with Crippen molar-refractivity contribution in [3.63, 3.8) is 0 Å². The minimum Gasteiger partial charge on any atom is -0.484 e. The first kappa shape index (κ1) is 24.3. The molecule has 0 unspecified atom stereocenters. The highest BCUT2D eigenvalue weighted by atomic mass is 35.5. The van der Waals surface area contributed by atoms with E-state index < -0.39 is 6.04 Å².